The van der Waals surface area contributed by atoms with E-state index in [0.29, 0.717) is 5.82 Å². The predicted octanol–water partition coefficient (Wildman–Crippen LogP) is -0.469. The van der Waals surface area contributed by atoms with Crippen molar-refractivity contribution in [3.05, 3.63) is 18.2 Å². The van der Waals surface area contributed by atoms with Crippen molar-refractivity contribution < 1.29 is 38.5 Å². The molecule has 0 amide bonds. The zero-order chi connectivity index (χ0) is 15.6. The van der Waals surface area contributed by atoms with Crippen molar-refractivity contribution in [1.82, 2.24) is 9.97 Å². The molecule has 0 saturated heterocycles. The molecule has 6 N–H and O–H groups in total. The smallest absolute Gasteiger partial charge is 0.371 e. The summed E-state index contributed by atoms with van der Waals surface area (Å²) in [4.78, 5) is 42.3. The summed E-state index contributed by atoms with van der Waals surface area (Å²) in [7, 11) is -11.0. The number of hydrogen-bond acceptors (Lipinski definition) is 5. The number of aromatic nitrogens is 2. The fourth-order valence-electron chi connectivity index (χ4n) is 1.34. The molecule has 0 fully saturated rings. The number of rotatable bonds is 7. The van der Waals surface area contributed by atoms with Crippen LogP contribution in [0, 0.1) is 0 Å². The Hall–Kier alpha value is -0.570. The van der Waals surface area contributed by atoms with Crippen LogP contribution in [-0.2, 0) is 13.9 Å². The van der Waals surface area contributed by atoms with E-state index in [-0.39, 0.29) is 12.5 Å². The maximum absolute atomic E-state index is 11.1. The number of aliphatic hydroxyl groups is 1. The van der Waals surface area contributed by atoms with E-state index in [0.717, 1.165) is 0 Å². The first-order valence-electron chi connectivity index (χ1n) is 5.39. The normalized spacial score (nSPS) is 15.3. The standard InChI is InChI=1S/C8H16N2O8P2/c1-6(7-9-2-3-10-7)4-18-5-8(11,19(12,13)14)20(15,16)17/h2-3,6,11H,4-5H2,1H3,(H,9,10)(H2,12,13,14)(H2,15,16,17)/t6-/m0/s1. The average molecular weight is 330 g/mol. The lowest BCUT2D eigenvalue weighted by atomic mass is 10.2. The van der Waals surface area contributed by atoms with Crippen LogP contribution in [0.25, 0.3) is 0 Å². The highest BCUT2D eigenvalue weighted by Gasteiger charge is 2.59. The van der Waals surface area contributed by atoms with E-state index < -0.39 is 26.9 Å². The first-order chi connectivity index (χ1) is 8.99. The Morgan fingerprint density at radius 1 is 1.35 bits per heavy atom. The molecule has 12 heteroatoms. The van der Waals surface area contributed by atoms with Crippen LogP contribution < -0.4 is 0 Å². The van der Waals surface area contributed by atoms with Crippen LogP contribution in [0.4, 0.5) is 0 Å². The maximum Gasteiger partial charge on any atom is 0.371 e. The lowest BCUT2D eigenvalue weighted by molar-refractivity contribution is 0.0206. The topological polar surface area (TPSA) is 173 Å². The van der Waals surface area contributed by atoms with Gasteiger partial charge in [0.25, 0.3) is 5.08 Å². The number of ether oxygens (including phenoxy) is 1. The Balaban J connectivity index is 2.70. The van der Waals surface area contributed by atoms with E-state index >= 15 is 0 Å². The second kappa shape index (κ2) is 6.05. The predicted molar refractivity (Wildman–Crippen MR) is 66.9 cm³/mol. The minimum atomic E-state index is -5.49. The molecule has 0 aliphatic carbocycles. The van der Waals surface area contributed by atoms with Crippen LogP contribution in [-0.4, -0.2) is 52.9 Å². The second-order valence-corrected chi connectivity index (χ2v) is 8.26. The molecule has 1 atom stereocenters. The molecule has 0 saturated carbocycles. The summed E-state index contributed by atoms with van der Waals surface area (Å²) in [5.41, 5.74) is 0. The Kier molecular flexibility index (Phi) is 5.29. The fourth-order valence-corrected chi connectivity index (χ4v) is 3.21. The lowest BCUT2D eigenvalue weighted by Crippen LogP contribution is -2.34. The van der Waals surface area contributed by atoms with Gasteiger partial charge in [-0.3, -0.25) is 9.13 Å². The molecule has 0 spiro atoms. The molecule has 1 heterocycles. The van der Waals surface area contributed by atoms with Gasteiger partial charge in [-0.25, -0.2) is 4.98 Å². The van der Waals surface area contributed by atoms with Crippen LogP contribution in [0.1, 0.15) is 18.7 Å². The molecule has 0 radical (unpaired) electrons. The van der Waals surface area contributed by atoms with E-state index in [9.17, 15) is 14.2 Å². The zero-order valence-corrected chi connectivity index (χ0v) is 12.2. The highest BCUT2D eigenvalue weighted by molar-refractivity contribution is 7.72. The summed E-state index contributed by atoms with van der Waals surface area (Å²) < 4.78 is 27.0. The quantitative estimate of drug-likeness (QED) is 0.361. The summed E-state index contributed by atoms with van der Waals surface area (Å²) in [5.74, 6) is 0.212. The van der Waals surface area contributed by atoms with E-state index in [2.05, 4.69) is 9.97 Å². The third-order valence-corrected chi connectivity index (χ3v) is 6.27. The van der Waals surface area contributed by atoms with Crippen molar-refractivity contribution in [3.8, 4) is 0 Å². The molecular weight excluding hydrogens is 314 g/mol. The summed E-state index contributed by atoms with van der Waals surface area (Å²) in [5, 5.41) is 6.00. The molecule has 0 unspecified atom stereocenters. The van der Waals surface area contributed by atoms with Gasteiger partial charge >= 0.3 is 15.2 Å². The molecule has 0 aliphatic rings. The van der Waals surface area contributed by atoms with Gasteiger partial charge in [-0.2, -0.15) is 0 Å². The Bertz CT molecular complexity index is 499. The number of aromatic amines is 1. The van der Waals surface area contributed by atoms with Gasteiger partial charge in [0, 0.05) is 18.3 Å². The Morgan fingerprint density at radius 3 is 2.30 bits per heavy atom. The molecule has 0 bridgehead atoms. The molecule has 1 rings (SSSR count). The molecule has 116 valence electrons. The zero-order valence-electron chi connectivity index (χ0n) is 10.4. The van der Waals surface area contributed by atoms with Gasteiger partial charge in [0.1, 0.15) is 5.82 Å². The Labute approximate surface area is 114 Å². The van der Waals surface area contributed by atoms with Gasteiger partial charge < -0.3 is 34.4 Å². The molecule has 1 aromatic heterocycles. The van der Waals surface area contributed by atoms with Crippen LogP contribution in [0.5, 0.6) is 0 Å². The third kappa shape index (κ3) is 3.75. The average Bonchev–Trinajstić information content (AvgIpc) is 2.78. The first-order valence-corrected chi connectivity index (χ1v) is 8.62. The van der Waals surface area contributed by atoms with Crippen molar-refractivity contribution in [2.45, 2.75) is 17.9 Å². The van der Waals surface area contributed by atoms with Crippen molar-refractivity contribution >= 4 is 15.2 Å². The number of H-pyrrole nitrogens is 1. The SMILES string of the molecule is C[C@@H](COCC(O)(P(=O)(O)O)P(=O)(O)O)c1ncc[nH]1. The number of hydrogen-bond donors (Lipinski definition) is 6. The van der Waals surface area contributed by atoms with Crippen LogP contribution in [0.15, 0.2) is 12.4 Å². The maximum atomic E-state index is 11.1. The van der Waals surface area contributed by atoms with E-state index in [1.807, 2.05) is 0 Å². The van der Waals surface area contributed by atoms with Crippen molar-refractivity contribution in [3.63, 3.8) is 0 Å². The Morgan fingerprint density at radius 2 is 1.90 bits per heavy atom. The first kappa shape index (κ1) is 17.5. The van der Waals surface area contributed by atoms with Gasteiger partial charge in [-0.05, 0) is 0 Å². The van der Waals surface area contributed by atoms with Crippen LogP contribution in [0.2, 0.25) is 0 Å². The van der Waals surface area contributed by atoms with Gasteiger partial charge in [-0.1, -0.05) is 6.92 Å². The molecule has 20 heavy (non-hydrogen) atoms. The second-order valence-electron chi connectivity index (χ2n) is 4.25. The highest BCUT2D eigenvalue weighted by atomic mass is 31.2. The van der Waals surface area contributed by atoms with Crippen molar-refractivity contribution in [1.29, 1.82) is 0 Å². The van der Waals surface area contributed by atoms with Crippen molar-refractivity contribution in [2.24, 2.45) is 0 Å². The molecule has 0 aromatic carbocycles. The minimum Gasteiger partial charge on any atom is -0.376 e. The summed E-state index contributed by atoms with van der Waals surface area (Å²) in [6.07, 6.45) is 3.06. The third-order valence-electron chi connectivity index (χ3n) is 2.58. The molecule has 0 aliphatic heterocycles. The number of nitrogens with zero attached hydrogens (tertiary/aromatic N) is 1. The van der Waals surface area contributed by atoms with E-state index in [1.165, 1.54) is 6.20 Å². The largest absolute Gasteiger partial charge is 0.376 e. The lowest BCUT2D eigenvalue weighted by Gasteiger charge is -2.29. The fraction of sp³-hybridized carbons (Fsp3) is 0.625. The molecule has 1 aromatic rings. The monoisotopic (exact) mass is 330 g/mol. The van der Waals surface area contributed by atoms with Crippen molar-refractivity contribution in [2.75, 3.05) is 13.2 Å². The molecule has 10 nitrogen and oxygen atoms in total. The van der Waals surface area contributed by atoms with Gasteiger partial charge in [0.05, 0.1) is 13.2 Å². The minimum absolute atomic E-state index is 0.143. The summed E-state index contributed by atoms with van der Waals surface area (Å²) in [6, 6.07) is 0. The van der Waals surface area contributed by atoms with Crippen LogP contribution in [0.3, 0.4) is 0 Å². The van der Waals surface area contributed by atoms with Crippen LogP contribution >= 0.6 is 15.2 Å². The van der Waals surface area contributed by atoms with E-state index in [1.54, 1.807) is 13.1 Å². The number of imidazole rings is 1. The summed E-state index contributed by atoms with van der Waals surface area (Å²) in [6.45, 7) is 0.329. The highest BCUT2D eigenvalue weighted by Crippen LogP contribution is 2.67. The molecular formula is C8H16N2O8P2. The summed E-state index contributed by atoms with van der Waals surface area (Å²) >= 11 is 0. The van der Waals surface area contributed by atoms with E-state index in [4.69, 9.17) is 24.3 Å². The van der Waals surface area contributed by atoms with Gasteiger partial charge in [0.2, 0.25) is 0 Å². The van der Waals surface area contributed by atoms with Gasteiger partial charge in [0.15, 0.2) is 0 Å². The van der Waals surface area contributed by atoms with Gasteiger partial charge in [-0.15, -0.1) is 0 Å². The number of nitrogens with one attached hydrogen (secondary N) is 1.